The number of hydrogen-bond donors (Lipinski definition) is 2. The van der Waals surface area contributed by atoms with Crippen LogP contribution in [-0.2, 0) is 6.42 Å². The largest absolute Gasteiger partial charge is 0.370 e. The molecule has 3 rings (SSSR count). The summed E-state index contributed by atoms with van der Waals surface area (Å²) >= 11 is 12.1. The zero-order valence-corrected chi connectivity index (χ0v) is 15.2. The molecule has 0 radical (unpaired) electrons. The number of halogens is 2. The van der Waals surface area contributed by atoms with Gasteiger partial charge in [0.25, 0.3) is 0 Å². The summed E-state index contributed by atoms with van der Waals surface area (Å²) in [5.41, 5.74) is 2.35. The molecule has 1 aromatic heterocycles. The Morgan fingerprint density at radius 1 is 1.08 bits per heavy atom. The molecule has 2 aromatic carbocycles. The van der Waals surface area contributed by atoms with Crippen LogP contribution >= 0.6 is 23.2 Å². The van der Waals surface area contributed by atoms with E-state index in [-0.39, 0.29) is 0 Å². The maximum Gasteiger partial charge on any atom is 0.229 e. The van der Waals surface area contributed by atoms with E-state index in [0.717, 1.165) is 17.7 Å². The maximum atomic E-state index is 8.96. The average Bonchev–Trinajstić information content (AvgIpc) is 2.64. The molecule has 0 saturated heterocycles. The highest BCUT2D eigenvalue weighted by Crippen LogP contribution is 2.21. The molecule has 0 bridgehead atoms. The lowest BCUT2D eigenvalue weighted by molar-refractivity contribution is 1.00. The first-order valence-electron chi connectivity index (χ1n) is 7.92. The van der Waals surface area contributed by atoms with Crippen molar-refractivity contribution in [1.29, 1.82) is 5.26 Å². The summed E-state index contributed by atoms with van der Waals surface area (Å²) in [6.45, 7) is 0.668. The summed E-state index contributed by atoms with van der Waals surface area (Å²) in [7, 11) is 0. The quantitative estimate of drug-likeness (QED) is 0.622. The van der Waals surface area contributed by atoms with Gasteiger partial charge in [0.05, 0.1) is 11.6 Å². The zero-order chi connectivity index (χ0) is 18.4. The Bertz CT molecular complexity index is 953. The molecule has 3 aromatic rings. The van der Waals surface area contributed by atoms with Crippen LogP contribution in [0.1, 0.15) is 11.1 Å². The molecule has 0 atom stereocenters. The van der Waals surface area contributed by atoms with Crippen molar-refractivity contribution in [2.24, 2.45) is 0 Å². The van der Waals surface area contributed by atoms with Crippen LogP contribution in [0.15, 0.2) is 54.7 Å². The Hall–Kier alpha value is -2.81. The molecule has 0 spiro atoms. The van der Waals surface area contributed by atoms with Gasteiger partial charge in [-0.3, -0.25) is 0 Å². The molecular weight excluding hydrogens is 369 g/mol. The predicted molar refractivity (Wildman–Crippen MR) is 105 cm³/mol. The number of anilines is 3. The molecule has 130 valence electrons. The number of hydrogen-bond acceptors (Lipinski definition) is 5. The summed E-state index contributed by atoms with van der Waals surface area (Å²) in [6, 6.07) is 16.5. The molecule has 7 heteroatoms. The van der Waals surface area contributed by atoms with Crippen LogP contribution in [0.25, 0.3) is 0 Å². The Labute approximate surface area is 161 Å². The van der Waals surface area contributed by atoms with E-state index < -0.39 is 0 Å². The Balaban J connectivity index is 1.61. The van der Waals surface area contributed by atoms with Crippen molar-refractivity contribution < 1.29 is 0 Å². The summed E-state index contributed by atoms with van der Waals surface area (Å²) < 4.78 is 0. The number of nitriles is 1. The molecule has 0 fully saturated rings. The summed E-state index contributed by atoms with van der Waals surface area (Å²) in [4.78, 5) is 8.62. The first kappa shape index (κ1) is 18.0. The fraction of sp³-hybridized carbons (Fsp3) is 0.105. The van der Waals surface area contributed by atoms with Gasteiger partial charge in [0.15, 0.2) is 0 Å². The van der Waals surface area contributed by atoms with Gasteiger partial charge in [-0.15, -0.1) is 0 Å². The molecule has 26 heavy (non-hydrogen) atoms. The highest BCUT2D eigenvalue weighted by molar-refractivity contribution is 6.35. The van der Waals surface area contributed by atoms with Crippen LogP contribution in [0.3, 0.4) is 0 Å². The van der Waals surface area contributed by atoms with E-state index in [1.807, 2.05) is 18.2 Å². The molecule has 5 nitrogen and oxygen atoms in total. The monoisotopic (exact) mass is 383 g/mol. The molecule has 0 saturated carbocycles. The lowest BCUT2D eigenvalue weighted by Crippen LogP contribution is -2.08. The van der Waals surface area contributed by atoms with Gasteiger partial charge in [-0.05, 0) is 48.4 Å². The molecule has 1 heterocycles. The molecule has 0 unspecified atom stereocenters. The average molecular weight is 384 g/mol. The van der Waals surface area contributed by atoms with Crippen LogP contribution < -0.4 is 10.6 Å². The summed E-state index contributed by atoms with van der Waals surface area (Å²) in [5, 5.41) is 16.6. The van der Waals surface area contributed by atoms with E-state index in [1.54, 1.807) is 36.5 Å². The topological polar surface area (TPSA) is 73.6 Å². The van der Waals surface area contributed by atoms with Gasteiger partial charge >= 0.3 is 0 Å². The first-order valence-corrected chi connectivity index (χ1v) is 8.68. The molecule has 0 amide bonds. The predicted octanol–water partition coefficient (Wildman–Crippen LogP) is 5.05. The van der Waals surface area contributed by atoms with E-state index in [1.165, 1.54) is 0 Å². The van der Waals surface area contributed by atoms with E-state index in [4.69, 9.17) is 28.5 Å². The van der Waals surface area contributed by atoms with Gasteiger partial charge < -0.3 is 10.6 Å². The van der Waals surface area contributed by atoms with Crippen LogP contribution in [0.5, 0.6) is 0 Å². The third-order valence-corrected chi connectivity index (χ3v) is 4.21. The lowest BCUT2D eigenvalue weighted by Gasteiger charge is -2.09. The molecule has 0 aliphatic heterocycles. The van der Waals surface area contributed by atoms with Crippen LogP contribution in [-0.4, -0.2) is 16.5 Å². The molecule has 0 aliphatic rings. The van der Waals surface area contributed by atoms with Crippen molar-refractivity contribution >= 4 is 40.7 Å². The Kier molecular flexibility index (Phi) is 5.90. The lowest BCUT2D eigenvalue weighted by atomic mass is 10.1. The third-order valence-electron chi connectivity index (χ3n) is 3.62. The Morgan fingerprint density at radius 2 is 1.96 bits per heavy atom. The van der Waals surface area contributed by atoms with Crippen molar-refractivity contribution in [2.45, 2.75) is 6.42 Å². The van der Waals surface area contributed by atoms with Crippen LogP contribution in [0, 0.1) is 11.3 Å². The second-order valence-corrected chi connectivity index (χ2v) is 6.34. The van der Waals surface area contributed by atoms with Gasteiger partial charge in [0.1, 0.15) is 5.82 Å². The SMILES string of the molecule is N#Cc1cccc(Nc2nccc(NCCc3ccc(Cl)cc3Cl)n2)c1. The van der Waals surface area contributed by atoms with E-state index in [2.05, 4.69) is 26.7 Å². The van der Waals surface area contributed by atoms with Crippen LogP contribution in [0.4, 0.5) is 17.5 Å². The maximum absolute atomic E-state index is 8.96. The molecule has 0 aliphatic carbocycles. The fourth-order valence-corrected chi connectivity index (χ4v) is 2.87. The second-order valence-electron chi connectivity index (χ2n) is 5.50. The van der Waals surface area contributed by atoms with Crippen molar-refractivity contribution in [3.8, 4) is 6.07 Å². The van der Waals surface area contributed by atoms with Crippen molar-refractivity contribution in [2.75, 3.05) is 17.2 Å². The standard InChI is InChI=1S/C19H15Cl2N5/c20-15-5-4-14(17(21)11-15)6-8-23-18-7-9-24-19(26-18)25-16-3-1-2-13(10-16)12-22/h1-5,7,9-11H,6,8H2,(H2,23,24,25,26). The number of rotatable bonds is 6. The normalized spacial score (nSPS) is 10.2. The highest BCUT2D eigenvalue weighted by Gasteiger charge is 2.03. The van der Waals surface area contributed by atoms with Crippen molar-refractivity contribution in [3.63, 3.8) is 0 Å². The summed E-state index contributed by atoms with van der Waals surface area (Å²) in [5.74, 6) is 1.15. The van der Waals surface area contributed by atoms with E-state index in [9.17, 15) is 0 Å². The van der Waals surface area contributed by atoms with E-state index >= 15 is 0 Å². The molecule has 2 N–H and O–H groups in total. The number of nitrogens with one attached hydrogen (secondary N) is 2. The van der Waals surface area contributed by atoms with Crippen molar-refractivity contribution in [3.05, 3.63) is 75.9 Å². The van der Waals surface area contributed by atoms with Gasteiger partial charge in [0.2, 0.25) is 5.95 Å². The zero-order valence-electron chi connectivity index (χ0n) is 13.7. The van der Waals surface area contributed by atoms with Gasteiger partial charge in [0, 0.05) is 28.5 Å². The summed E-state index contributed by atoms with van der Waals surface area (Å²) in [6.07, 6.45) is 2.41. The van der Waals surface area contributed by atoms with Gasteiger partial charge in [-0.25, -0.2) is 4.98 Å². The Morgan fingerprint density at radius 3 is 2.77 bits per heavy atom. The minimum absolute atomic E-state index is 0.453. The van der Waals surface area contributed by atoms with Gasteiger partial charge in [-0.2, -0.15) is 10.2 Å². The smallest absolute Gasteiger partial charge is 0.229 e. The fourth-order valence-electron chi connectivity index (χ4n) is 2.36. The number of nitrogens with zero attached hydrogens (tertiary/aromatic N) is 3. The third kappa shape index (κ3) is 4.85. The minimum atomic E-state index is 0.453. The van der Waals surface area contributed by atoms with Crippen LogP contribution in [0.2, 0.25) is 10.0 Å². The van der Waals surface area contributed by atoms with Gasteiger partial charge in [-0.1, -0.05) is 35.3 Å². The first-order chi connectivity index (χ1) is 12.6. The number of aromatic nitrogens is 2. The minimum Gasteiger partial charge on any atom is -0.370 e. The van der Waals surface area contributed by atoms with Crippen molar-refractivity contribution in [1.82, 2.24) is 9.97 Å². The number of benzene rings is 2. The molecular formula is C19H15Cl2N5. The highest BCUT2D eigenvalue weighted by atomic mass is 35.5. The van der Waals surface area contributed by atoms with E-state index in [0.29, 0.717) is 33.9 Å². The second kappa shape index (κ2) is 8.52.